The van der Waals surface area contributed by atoms with Crippen molar-refractivity contribution in [3.05, 3.63) is 11.2 Å². The summed E-state index contributed by atoms with van der Waals surface area (Å²) in [7, 11) is 0. The number of nitrogen functional groups attached to an aromatic ring is 1. The van der Waals surface area contributed by atoms with E-state index in [0.717, 1.165) is 18.8 Å². The number of nitrogens with two attached hydrogens (primary N) is 1. The predicted molar refractivity (Wildman–Crippen MR) is 60.9 cm³/mol. The Bertz CT molecular complexity index is 337. The third-order valence-electron chi connectivity index (χ3n) is 2.60. The molecule has 3 N–H and O–H groups in total. The molecule has 0 aliphatic carbocycles. The number of hydrogen-bond acceptors (Lipinski definition) is 5. The molecule has 1 saturated heterocycles. The molecule has 0 unspecified atom stereocenters. The topological polar surface area (TPSA) is 67.1 Å². The van der Waals surface area contributed by atoms with Crippen LogP contribution in [0.2, 0.25) is 5.02 Å². The highest BCUT2D eigenvalue weighted by molar-refractivity contribution is 6.35. The van der Waals surface area contributed by atoms with Crippen LogP contribution in [0.15, 0.2) is 6.20 Å². The summed E-state index contributed by atoms with van der Waals surface area (Å²) < 4.78 is 0. The Hall–Kier alpha value is -1.07. The first kappa shape index (κ1) is 10.4. The standard InChI is InChI=1S/C9H14ClN5/c10-8-7(6-12-14-9(8)13-11)15-4-2-1-3-5-15/h6H,1-5,11H2,(H,13,14). The Labute approximate surface area is 93.6 Å². The summed E-state index contributed by atoms with van der Waals surface area (Å²) in [5, 5.41) is 8.23. The van der Waals surface area contributed by atoms with Crippen molar-refractivity contribution in [1.82, 2.24) is 10.2 Å². The summed E-state index contributed by atoms with van der Waals surface area (Å²) in [5.41, 5.74) is 3.36. The van der Waals surface area contributed by atoms with E-state index in [9.17, 15) is 0 Å². The largest absolute Gasteiger partial charge is 0.369 e. The molecule has 1 aliphatic heterocycles. The summed E-state index contributed by atoms with van der Waals surface area (Å²) in [5.74, 6) is 5.72. The van der Waals surface area contributed by atoms with Crippen LogP contribution < -0.4 is 16.2 Å². The van der Waals surface area contributed by atoms with Gasteiger partial charge in [0.25, 0.3) is 0 Å². The van der Waals surface area contributed by atoms with Gasteiger partial charge in [0.2, 0.25) is 0 Å². The van der Waals surface area contributed by atoms with Crippen LogP contribution in [-0.4, -0.2) is 23.3 Å². The quantitative estimate of drug-likeness (QED) is 0.591. The minimum atomic E-state index is 0.430. The fourth-order valence-corrected chi connectivity index (χ4v) is 2.07. The number of rotatable bonds is 2. The van der Waals surface area contributed by atoms with Crippen molar-refractivity contribution in [3.8, 4) is 0 Å². The smallest absolute Gasteiger partial charge is 0.183 e. The molecule has 1 aliphatic rings. The number of nitrogens with zero attached hydrogens (tertiary/aromatic N) is 3. The highest BCUT2D eigenvalue weighted by Crippen LogP contribution is 2.31. The number of anilines is 2. The first-order chi connectivity index (χ1) is 7.33. The molecule has 0 saturated carbocycles. The van der Waals surface area contributed by atoms with E-state index < -0.39 is 0 Å². The van der Waals surface area contributed by atoms with Crippen LogP contribution in [0.5, 0.6) is 0 Å². The highest BCUT2D eigenvalue weighted by Gasteiger charge is 2.16. The van der Waals surface area contributed by atoms with Crippen LogP contribution in [0, 0.1) is 0 Å². The molecule has 2 rings (SSSR count). The fraction of sp³-hybridized carbons (Fsp3) is 0.556. The minimum absolute atomic E-state index is 0.430. The number of nitrogens with one attached hydrogen (secondary N) is 1. The zero-order chi connectivity index (χ0) is 10.7. The van der Waals surface area contributed by atoms with Crippen LogP contribution >= 0.6 is 11.6 Å². The molecule has 5 nitrogen and oxygen atoms in total. The number of hydrogen-bond donors (Lipinski definition) is 2. The van der Waals surface area contributed by atoms with Crippen molar-refractivity contribution in [2.24, 2.45) is 5.84 Å². The maximum atomic E-state index is 6.16. The molecule has 1 fully saturated rings. The van der Waals surface area contributed by atoms with Gasteiger partial charge < -0.3 is 10.3 Å². The van der Waals surface area contributed by atoms with Crippen molar-refractivity contribution < 1.29 is 0 Å². The van der Waals surface area contributed by atoms with E-state index in [0.29, 0.717) is 10.8 Å². The van der Waals surface area contributed by atoms with Gasteiger partial charge in [-0.15, -0.1) is 5.10 Å². The Balaban J connectivity index is 2.26. The zero-order valence-corrected chi connectivity index (χ0v) is 9.17. The van der Waals surface area contributed by atoms with Crippen molar-refractivity contribution in [2.75, 3.05) is 23.4 Å². The average Bonchev–Trinajstić information content (AvgIpc) is 2.30. The number of aromatic nitrogens is 2. The van der Waals surface area contributed by atoms with Crippen molar-refractivity contribution in [3.63, 3.8) is 0 Å². The Morgan fingerprint density at radius 2 is 2.07 bits per heavy atom. The van der Waals surface area contributed by atoms with Crippen LogP contribution in [0.3, 0.4) is 0 Å². The molecule has 0 aromatic carbocycles. The van der Waals surface area contributed by atoms with Crippen LogP contribution in [0.25, 0.3) is 0 Å². The summed E-state index contributed by atoms with van der Waals surface area (Å²) in [6, 6.07) is 0. The van der Waals surface area contributed by atoms with Gasteiger partial charge in [0, 0.05) is 13.1 Å². The molecule has 0 bridgehead atoms. The van der Waals surface area contributed by atoms with Crippen LogP contribution in [0.4, 0.5) is 11.5 Å². The van der Waals surface area contributed by atoms with Gasteiger partial charge in [0.15, 0.2) is 5.82 Å². The Morgan fingerprint density at radius 1 is 1.33 bits per heavy atom. The minimum Gasteiger partial charge on any atom is -0.369 e. The van der Waals surface area contributed by atoms with E-state index in [1.165, 1.54) is 19.3 Å². The molecule has 1 aromatic heterocycles. The van der Waals surface area contributed by atoms with E-state index in [2.05, 4.69) is 20.5 Å². The Kier molecular flexibility index (Phi) is 3.23. The summed E-state index contributed by atoms with van der Waals surface area (Å²) in [6.45, 7) is 2.05. The highest BCUT2D eigenvalue weighted by atomic mass is 35.5. The van der Waals surface area contributed by atoms with Gasteiger partial charge in [-0.25, -0.2) is 5.84 Å². The molecule has 0 atom stereocenters. The molecule has 0 amide bonds. The second-order valence-corrected chi connectivity index (χ2v) is 3.96. The van der Waals surface area contributed by atoms with Gasteiger partial charge in [0.1, 0.15) is 5.02 Å². The molecule has 0 spiro atoms. The summed E-state index contributed by atoms with van der Waals surface area (Å²) >= 11 is 6.16. The van der Waals surface area contributed by atoms with Crippen LogP contribution in [-0.2, 0) is 0 Å². The second-order valence-electron chi connectivity index (χ2n) is 3.58. The normalized spacial score (nSPS) is 16.5. The molecule has 2 heterocycles. The third kappa shape index (κ3) is 2.13. The number of piperidine rings is 1. The molecular formula is C9H14ClN5. The summed E-state index contributed by atoms with van der Waals surface area (Å²) in [6.07, 6.45) is 5.37. The lowest BCUT2D eigenvalue weighted by Crippen LogP contribution is -2.30. The van der Waals surface area contributed by atoms with Gasteiger partial charge in [0.05, 0.1) is 11.9 Å². The Morgan fingerprint density at radius 3 is 2.73 bits per heavy atom. The van der Waals surface area contributed by atoms with Crippen LogP contribution in [0.1, 0.15) is 19.3 Å². The molecule has 6 heteroatoms. The van der Waals surface area contributed by atoms with Gasteiger partial charge in [-0.3, -0.25) is 0 Å². The predicted octanol–water partition coefficient (Wildman–Crippen LogP) is 1.41. The maximum Gasteiger partial charge on any atom is 0.183 e. The lowest BCUT2D eigenvalue weighted by atomic mass is 10.1. The number of halogens is 1. The van der Waals surface area contributed by atoms with E-state index in [1.807, 2.05) is 0 Å². The summed E-state index contributed by atoms with van der Waals surface area (Å²) in [4.78, 5) is 2.22. The van der Waals surface area contributed by atoms with Gasteiger partial charge >= 0.3 is 0 Å². The van der Waals surface area contributed by atoms with E-state index in [-0.39, 0.29) is 0 Å². The van der Waals surface area contributed by atoms with Gasteiger partial charge in [-0.1, -0.05) is 11.6 Å². The maximum absolute atomic E-state index is 6.16. The van der Waals surface area contributed by atoms with Gasteiger partial charge in [-0.2, -0.15) is 5.10 Å². The first-order valence-electron chi connectivity index (χ1n) is 5.05. The lowest BCUT2D eigenvalue weighted by molar-refractivity contribution is 0.577. The van der Waals surface area contributed by atoms with Crippen molar-refractivity contribution in [2.45, 2.75) is 19.3 Å². The molecule has 1 aromatic rings. The third-order valence-corrected chi connectivity index (χ3v) is 2.98. The SMILES string of the molecule is NNc1nncc(N2CCCCC2)c1Cl. The van der Waals surface area contributed by atoms with Gasteiger partial charge in [-0.05, 0) is 19.3 Å². The molecule has 0 radical (unpaired) electrons. The van der Waals surface area contributed by atoms with E-state index >= 15 is 0 Å². The lowest BCUT2D eigenvalue weighted by Gasteiger charge is -2.29. The first-order valence-corrected chi connectivity index (χ1v) is 5.43. The fourth-order valence-electron chi connectivity index (χ4n) is 1.81. The number of hydrazine groups is 1. The molecular weight excluding hydrogens is 214 g/mol. The van der Waals surface area contributed by atoms with Crippen molar-refractivity contribution >= 4 is 23.1 Å². The van der Waals surface area contributed by atoms with E-state index in [4.69, 9.17) is 17.4 Å². The zero-order valence-electron chi connectivity index (χ0n) is 8.41. The molecule has 15 heavy (non-hydrogen) atoms. The average molecular weight is 228 g/mol. The molecule has 82 valence electrons. The second kappa shape index (κ2) is 4.63. The monoisotopic (exact) mass is 227 g/mol. The van der Waals surface area contributed by atoms with Crippen molar-refractivity contribution in [1.29, 1.82) is 0 Å². The van der Waals surface area contributed by atoms with E-state index in [1.54, 1.807) is 6.20 Å².